The second-order valence-electron chi connectivity index (χ2n) is 6.06. The summed E-state index contributed by atoms with van der Waals surface area (Å²) in [4.78, 5) is 7.05. The van der Waals surface area contributed by atoms with Crippen LogP contribution < -0.4 is 15.8 Å². The van der Waals surface area contributed by atoms with Gasteiger partial charge in [-0.1, -0.05) is 41.4 Å². The van der Waals surface area contributed by atoms with Crippen LogP contribution in [0.2, 0.25) is 10.0 Å². The van der Waals surface area contributed by atoms with Crippen LogP contribution in [0.3, 0.4) is 0 Å². The molecule has 0 bridgehead atoms. The maximum absolute atomic E-state index is 14.6. The quantitative estimate of drug-likeness (QED) is 0.482. The van der Waals surface area contributed by atoms with Gasteiger partial charge in [0.1, 0.15) is 29.0 Å². The lowest BCUT2D eigenvalue weighted by Gasteiger charge is -2.18. The van der Waals surface area contributed by atoms with Gasteiger partial charge in [0.25, 0.3) is 10.0 Å². The van der Waals surface area contributed by atoms with Crippen molar-refractivity contribution in [3.8, 4) is 0 Å². The van der Waals surface area contributed by atoms with E-state index in [4.69, 9.17) is 28.9 Å². The van der Waals surface area contributed by atoms with E-state index >= 15 is 0 Å². The van der Waals surface area contributed by atoms with Gasteiger partial charge < -0.3 is 11.1 Å². The highest BCUT2D eigenvalue weighted by molar-refractivity contribution is 7.92. The van der Waals surface area contributed by atoms with E-state index in [2.05, 4.69) is 20.0 Å². The van der Waals surface area contributed by atoms with E-state index in [1.54, 1.807) is 31.2 Å². The fraction of sp³-hybridized carbons (Fsp3) is 0.111. The first-order valence-corrected chi connectivity index (χ1v) is 10.5. The highest BCUT2D eigenvalue weighted by Gasteiger charge is 2.23. The Morgan fingerprint density at radius 3 is 2.52 bits per heavy atom. The van der Waals surface area contributed by atoms with E-state index in [0.717, 1.165) is 12.1 Å². The number of hydrogen-bond donors (Lipinski definition) is 3. The Hall–Kier alpha value is -2.46. The molecule has 1 aromatic heterocycles. The first kappa shape index (κ1) is 21.3. The van der Waals surface area contributed by atoms with Gasteiger partial charge in [0.2, 0.25) is 0 Å². The van der Waals surface area contributed by atoms with Gasteiger partial charge in [-0.3, -0.25) is 4.72 Å². The second kappa shape index (κ2) is 8.50. The Balaban J connectivity index is 1.88. The minimum Gasteiger partial charge on any atom is -0.365 e. The maximum Gasteiger partial charge on any atom is 0.266 e. The zero-order valence-electron chi connectivity index (χ0n) is 15.0. The molecular weight excluding hydrogens is 440 g/mol. The SMILES string of the molecule is Cc1cc(NS(=O)(=O)c2cc(Cl)c(N[C@@H](N)c3ccccc3Cl)cc2F)ncn1. The van der Waals surface area contributed by atoms with Crippen molar-refractivity contribution < 1.29 is 12.8 Å². The number of hydrogen-bond acceptors (Lipinski definition) is 6. The average Bonchev–Trinajstić information content (AvgIpc) is 2.64. The number of nitrogens with two attached hydrogens (primary N) is 1. The van der Waals surface area contributed by atoms with Crippen molar-refractivity contribution in [1.29, 1.82) is 0 Å². The van der Waals surface area contributed by atoms with E-state index in [1.165, 1.54) is 12.4 Å². The smallest absolute Gasteiger partial charge is 0.266 e. The van der Waals surface area contributed by atoms with Gasteiger partial charge in [0.05, 0.1) is 10.7 Å². The Kier molecular flexibility index (Phi) is 6.23. The van der Waals surface area contributed by atoms with E-state index in [0.29, 0.717) is 16.3 Å². The van der Waals surface area contributed by atoms with Crippen molar-refractivity contribution in [2.75, 3.05) is 10.0 Å². The number of halogens is 3. The minimum absolute atomic E-state index is 0.0102. The Morgan fingerprint density at radius 2 is 1.83 bits per heavy atom. The summed E-state index contributed by atoms with van der Waals surface area (Å²) in [5, 5.41) is 3.22. The van der Waals surface area contributed by atoms with Crippen LogP contribution in [-0.4, -0.2) is 18.4 Å². The van der Waals surface area contributed by atoms with E-state index in [9.17, 15) is 12.8 Å². The predicted molar refractivity (Wildman–Crippen MR) is 111 cm³/mol. The van der Waals surface area contributed by atoms with Crippen molar-refractivity contribution >= 4 is 44.7 Å². The normalized spacial score (nSPS) is 12.4. The molecule has 0 aliphatic heterocycles. The average molecular weight is 456 g/mol. The summed E-state index contributed by atoms with van der Waals surface area (Å²) in [5.41, 5.74) is 7.30. The summed E-state index contributed by atoms with van der Waals surface area (Å²) in [6, 6.07) is 10.2. The van der Waals surface area contributed by atoms with Crippen LogP contribution in [0, 0.1) is 12.7 Å². The van der Waals surface area contributed by atoms with Gasteiger partial charge in [-0.15, -0.1) is 0 Å². The van der Waals surface area contributed by atoms with Gasteiger partial charge in [-0.25, -0.2) is 22.8 Å². The molecule has 2 aromatic carbocycles. The summed E-state index contributed by atoms with van der Waals surface area (Å²) in [6.07, 6.45) is 0.407. The molecular formula is C18H16Cl2FN5O2S. The molecule has 3 aromatic rings. The first-order valence-electron chi connectivity index (χ1n) is 8.24. The number of anilines is 2. The number of benzene rings is 2. The van der Waals surface area contributed by atoms with Crippen LogP contribution in [0.25, 0.3) is 0 Å². The van der Waals surface area contributed by atoms with Crippen LogP contribution in [0.4, 0.5) is 15.9 Å². The monoisotopic (exact) mass is 455 g/mol. The summed E-state index contributed by atoms with van der Waals surface area (Å²) in [7, 11) is -4.27. The fourth-order valence-electron chi connectivity index (χ4n) is 2.52. The molecule has 0 aliphatic carbocycles. The van der Waals surface area contributed by atoms with Crippen molar-refractivity contribution in [2.24, 2.45) is 5.73 Å². The molecule has 0 amide bonds. The lowest BCUT2D eigenvalue weighted by Crippen LogP contribution is -2.21. The molecule has 4 N–H and O–H groups in total. The van der Waals surface area contributed by atoms with Crippen LogP contribution >= 0.6 is 23.2 Å². The summed E-state index contributed by atoms with van der Waals surface area (Å²) < 4.78 is 41.9. The van der Waals surface area contributed by atoms with Crippen LogP contribution in [0.5, 0.6) is 0 Å². The number of rotatable bonds is 6. The van der Waals surface area contributed by atoms with Gasteiger partial charge in [-0.2, -0.15) is 0 Å². The highest BCUT2D eigenvalue weighted by atomic mass is 35.5. The maximum atomic E-state index is 14.6. The number of nitrogens with zero attached hydrogens (tertiary/aromatic N) is 2. The molecule has 0 unspecified atom stereocenters. The second-order valence-corrected chi connectivity index (χ2v) is 8.52. The molecule has 152 valence electrons. The first-order chi connectivity index (χ1) is 13.7. The largest absolute Gasteiger partial charge is 0.365 e. The van der Waals surface area contributed by atoms with Crippen molar-refractivity contribution in [1.82, 2.24) is 9.97 Å². The van der Waals surface area contributed by atoms with Gasteiger partial charge in [0, 0.05) is 22.3 Å². The lowest BCUT2D eigenvalue weighted by atomic mass is 10.1. The molecule has 0 saturated heterocycles. The summed E-state index contributed by atoms with van der Waals surface area (Å²) in [5.74, 6) is -1.00. The van der Waals surface area contributed by atoms with Crippen molar-refractivity contribution in [3.05, 3.63) is 75.9 Å². The van der Waals surface area contributed by atoms with Crippen molar-refractivity contribution in [3.63, 3.8) is 0 Å². The van der Waals surface area contributed by atoms with Gasteiger partial charge in [0.15, 0.2) is 0 Å². The molecule has 0 radical (unpaired) electrons. The molecule has 0 fully saturated rings. The molecule has 1 atom stereocenters. The van der Waals surface area contributed by atoms with E-state index < -0.39 is 26.9 Å². The van der Waals surface area contributed by atoms with E-state index in [-0.39, 0.29) is 16.5 Å². The third kappa shape index (κ3) is 4.94. The molecule has 0 saturated carbocycles. The van der Waals surface area contributed by atoms with Gasteiger partial charge >= 0.3 is 0 Å². The number of nitrogens with one attached hydrogen (secondary N) is 2. The van der Waals surface area contributed by atoms with Gasteiger partial charge in [-0.05, 0) is 25.1 Å². The Labute approximate surface area is 177 Å². The molecule has 7 nitrogen and oxygen atoms in total. The van der Waals surface area contributed by atoms with Crippen LogP contribution in [-0.2, 0) is 10.0 Å². The molecule has 0 aliphatic rings. The molecule has 1 heterocycles. The van der Waals surface area contributed by atoms with Crippen LogP contribution in [0.15, 0.2) is 53.7 Å². The lowest BCUT2D eigenvalue weighted by molar-refractivity contribution is 0.570. The standard InChI is InChI=1S/C18H16Cl2FN5O2S/c1-10-6-17(24-9-23-10)26-29(27,28)16-7-13(20)15(8-14(16)21)25-18(22)11-4-2-3-5-12(11)19/h2-9,18,25H,22H2,1H3,(H,23,24,26)/t18-/m1/s1. The third-order valence-electron chi connectivity index (χ3n) is 3.91. The molecule has 29 heavy (non-hydrogen) atoms. The Bertz CT molecular complexity index is 1160. The topological polar surface area (TPSA) is 110 Å². The number of sulfonamides is 1. The molecule has 11 heteroatoms. The summed E-state index contributed by atoms with van der Waals surface area (Å²) >= 11 is 12.3. The predicted octanol–water partition coefficient (Wildman–Crippen LogP) is 4.10. The third-order valence-corrected chi connectivity index (χ3v) is 5.93. The Morgan fingerprint density at radius 1 is 1.10 bits per heavy atom. The fourth-order valence-corrected chi connectivity index (χ4v) is 4.14. The number of aryl methyl sites for hydroxylation is 1. The van der Waals surface area contributed by atoms with Crippen molar-refractivity contribution in [2.45, 2.75) is 18.0 Å². The summed E-state index contributed by atoms with van der Waals surface area (Å²) in [6.45, 7) is 1.67. The highest BCUT2D eigenvalue weighted by Crippen LogP contribution is 2.31. The molecule has 3 rings (SSSR count). The van der Waals surface area contributed by atoms with E-state index in [1.807, 2.05) is 0 Å². The minimum atomic E-state index is -4.27. The van der Waals surface area contributed by atoms with Crippen LogP contribution in [0.1, 0.15) is 17.4 Å². The zero-order chi connectivity index (χ0) is 21.2. The molecule has 0 spiro atoms. The number of aromatic nitrogens is 2. The zero-order valence-corrected chi connectivity index (χ0v) is 17.4.